The highest BCUT2D eigenvalue weighted by Crippen LogP contribution is 2.11. The Morgan fingerprint density at radius 2 is 2.16 bits per heavy atom. The predicted molar refractivity (Wildman–Crippen MR) is 66.5 cm³/mol. The second kappa shape index (κ2) is 6.52. The zero-order valence-electron chi connectivity index (χ0n) is 10.3. The van der Waals surface area contributed by atoms with E-state index in [0.29, 0.717) is 0 Å². The maximum absolute atomic E-state index is 13.6. The summed E-state index contributed by atoms with van der Waals surface area (Å²) in [6, 6.07) is 3.76. The highest BCUT2D eigenvalue weighted by Gasteiger charge is 2.14. The van der Waals surface area contributed by atoms with Crippen molar-refractivity contribution in [2.45, 2.75) is 0 Å². The molecule has 3 N–H and O–H groups in total. The molecule has 100 valence electrons. The molecule has 1 rings (SSSR count). The van der Waals surface area contributed by atoms with E-state index < -0.39 is 17.6 Å². The fourth-order valence-corrected chi connectivity index (χ4v) is 1.41. The Bertz CT molecular complexity index is 561. The Balaban J connectivity index is 2.94. The number of carbonyl (C=O) groups is 2. The summed E-state index contributed by atoms with van der Waals surface area (Å²) in [5.74, 6) is 2.90. The SMILES string of the molecule is CN(CC(N)=O)C(=O)c1ccc(C#CCO)c(F)c1. The van der Waals surface area contributed by atoms with Gasteiger partial charge in [-0.1, -0.05) is 11.8 Å². The molecule has 2 amide bonds. The van der Waals surface area contributed by atoms with Crippen molar-refractivity contribution in [2.75, 3.05) is 20.2 Å². The molecule has 19 heavy (non-hydrogen) atoms. The Labute approximate surface area is 109 Å². The maximum atomic E-state index is 13.6. The Morgan fingerprint density at radius 3 is 2.68 bits per heavy atom. The third-order valence-electron chi connectivity index (χ3n) is 2.26. The molecule has 0 aliphatic carbocycles. The summed E-state index contributed by atoms with van der Waals surface area (Å²) in [6.45, 7) is -0.617. The van der Waals surface area contributed by atoms with E-state index >= 15 is 0 Å². The van der Waals surface area contributed by atoms with Gasteiger partial charge in [0.25, 0.3) is 5.91 Å². The van der Waals surface area contributed by atoms with E-state index in [4.69, 9.17) is 10.8 Å². The Hall–Kier alpha value is -2.39. The van der Waals surface area contributed by atoms with Crippen LogP contribution in [0.5, 0.6) is 0 Å². The first-order chi connectivity index (χ1) is 8.95. The fourth-order valence-electron chi connectivity index (χ4n) is 1.41. The van der Waals surface area contributed by atoms with Gasteiger partial charge in [-0.3, -0.25) is 9.59 Å². The van der Waals surface area contributed by atoms with Crippen molar-refractivity contribution < 1.29 is 19.1 Å². The summed E-state index contributed by atoms with van der Waals surface area (Å²) < 4.78 is 13.6. The molecule has 0 radical (unpaired) electrons. The molecule has 1 aromatic carbocycles. The van der Waals surface area contributed by atoms with Gasteiger partial charge < -0.3 is 15.7 Å². The summed E-state index contributed by atoms with van der Waals surface area (Å²) in [6.07, 6.45) is 0. The van der Waals surface area contributed by atoms with Crippen LogP contribution in [0.1, 0.15) is 15.9 Å². The first kappa shape index (κ1) is 14.7. The van der Waals surface area contributed by atoms with Gasteiger partial charge in [-0.25, -0.2) is 4.39 Å². The van der Waals surface area contributed by atoms with Crippen LogP contribution in [0.3, 0.4) is 0 Å². The largest absolute Gasteiger partial charge is 0.384 e. The standard InChI is InChI=1S/C13H13FN2O3/c1-16(8-12(15)18)13(19)10-5-4-9(3-2-6-17)11(14)7-10/h4-5,7,17H,6,8H2,1H3,(H2,15,18). The third kappa shape index (κ3) is 4.08. The van der Waals surface area contributed by atoms with E-state index in [1.165, 1.54) is 19.2 Å². The lowest BCUT2D eigenvalue weighted by molar-refractivity contribution is -0.118. The van der Waals surface area contributed by atoms with Crippen LogP contribution < -0.4 is 5.73 Å². The van der Waals surface area contributed by atoms with Gasteiger partial charge in [-0.2, -0.15) is 0 Å². The number of halogens is 1. The molecular formula is C13H13FN2O3. The third-order valence-corrected chi connectivity index (χ3v) is 2.26. The van der Waals surface area contributed by atoms with Crippen molar-refractivity contribution in [3.05, 3.63) is 35.1 Å². The minimum atomic E-state index is -0.667. The lowest BCUT2D eigenvalue weighted by atomic mass is 10.1. The van der Waals surface area contributed by atoms with E-state index in [2.05, 4.69) is 11.8 Å². The van der Waals surface area contributed by atoms with Gasteiger partial charge in [0.1, 0.15) is 12.4 Å². The van der Waals surface area contributed by atoms with Gasteiger partial charge in [0.2, 0.25) is 5.91 Å². The van der Waals surface area contributed by atoms with Gasteiger partial charge in [0.15, 0.2) is 0 Å². The first-order valence-electron chi connectivity index (χ1n) is 5.38. The molecule has 5 nitrogen and oxygen atoms in total. The number of benzene rings is 1. The van der Waals surface area contributed by atoms with E-state index in [0.717, 1.165) is 11.0 Å². The van der Waals surface area contributed by atoms with Crippen molar-refractivity contribution in [2.24, 2.45) is 5.73 Å². The second-order valence-corrected chi connectivity index (χ2v) is 3.78. The molecule has 0 fully saturated rings. The summed E-state index contributed by atoms with van der Waals surface area (Å²) in [5.41, 5.74) is 5.15. The van der Waals surface area contributed by atoms with Gasteiger partial charge in [-0.15, -0.1) is 0 Å². The van der Waals surface area contributed by atoms with Crippen molar-refractivity contribution >= 4 is 11.8 Å². The minimum absolute atomic E-state index is 0.0863. The smallest absolute Gasteiger partial charge is 0.254 e. The van der Waals surface area contributed by atoms with Crippen LogP contribution in [0, 0.1) is 17.7 Å². The topological polar surface area (TPSA) is 83.6 Å². The highest BCUT2D eigenvalue weighted by molar-refractivity contribution is 5.96. The number of likely N-dealkylation sites (N-methyl/N-ethyl adjacent to an activating group) is 1. The average molecular weight is 264 g/mol. The van der Waals surface area contributed by atoms with Crippen LogP contribution >= 0.6 is 0 Å². The zero-order valence-corrected chi connectivity index (χ0v) is 10.3. The monoisotopic (exact) mass is 264 g/mol. The lowest BCUT2D eigenvalue weighted by Gasteiger charge is -2.15. The molecule has 6 heteroatoms. The van der Waals surface area contributed by atoms with Crippen LogP contribution in [0.25, 0.3) is 0 Å². The first-order valence-corrected chi connectivity index (χ1v) is 5.38. The number of nitrogens with two attached hydrogens (primary N) is 1. The van der Waals surface area contributed by atoms with Crippen molar-refractivity contribution in [3.8, 4) is 11.8 Å². The van der Waals surface area contributed by atoms with Crippen LogP contribution in [-0.2, 0) is 4.79 Å². The molecule has 0 aliphatic heterocycles. The molecule has 0 saturated heterocycles. The quantitative estimate of drug-likeness (QED) is 0.737. The minimum Gasteiger partial charge on any atom is -0.384 e. The van der Waals surface area contributed by atoms with E-state index in [1.54, 1.807) is 0 Å². The van der Waals surface area contributed by atoms with Crippen LogP contribution in [-0.4, -0.2) is 42.0 Å². The van der Waals surface area contributed by atoms with Crippen LogP contribution in [0.2, 0.25) is 0 Å². The van der Waals surface area contributed by atoms with E-state index in [1.807, 2.05) is 0 Å². The average Bonchev–Trinajstić information content (AvgIpc) is 2.35. The van der Waals surface area contributed by atoms with E-state index in [9.17, 15) is 14.0 Å². The van der Waals surface area contributed by atoms with Crippen molar-refractivity contribution in [3.63, 3.8) is 0 Å². The molecule has 0 unspecified atom stereocenters. The van der Waals surface area contributed by atoms with Crippen molar-refractivity contribution in [1.82, 2.24) is 4.90 Å². The summed E-state index contributed by atoms with van der Waals surface area (Å²) >= 11 is 0. The number of carbonyl (C=O) groups excluding carboxylic acids is 2. The number of aliphatic hydroxyl groups excluding tert-OH is 1. The normalized spacial score (nSPS) is 9.42. The predicted octanol–water partition coefficient (Wildman–Crippen LogP) is -0.273. The molecule has 0 aromatic heterocycles. The number of hydrogen-bond acceptors (Lipinski definition) is 3. The van der Waals surface area contributed by atoms with Gasteiger partial charge >= 0.3 is 0 Å². The van der Waals surface area contributed by atoms with Gasteiger partial charge in [0.05, 0.1) is 12.1 Å². The Morgan fingerprint density at radius 1 is 1.47 bits per heavy atom. The second-order valence-electron chi connectivity index (χ2n) is 3.78. The van der Waals surface area contributed by atoms with Crippen LogP contribution in [0.15, 0.2) is 18.2 Å². The van der Waals surface area contributed by atoms with E-state index in [-0.39, 0.29) is 24.3 Å². The summed E-state index contributed by atoms with van der Waals surface area (Å²) in [7, 11) is 1.39. The fraction of sp³-hybridized carbons (Fsp3) is 0.231. The van der Waals surface area contributed by atoms with Crippen molar-refractivity contribution in [1.29, 1.82) is 0 Å². The molecule has 0 heterocycles. The number of rotatable bonds is 3. The maximum Gasteiger partial charge on any atom is 0.254 e. The van der Waals surface area contributed by atoms with Gasteiger partial charge in [0, 0.05) is 12.6 Å². The van der Waals surface area contributed by atoms with Gasteiger partial charge in [-0.05, 0) is 18.2 Å². The number of hydrogen-bond donors (Lipinski definition) is 2. The van der Waals surface area contributed by atoms with Crippen LogP contribution in [0.4, 0.5) is 4.39 Å². The molecule has 0 bridgehead atoms. The number of aliphatic hydroxyl groups is 1. The molecule has 0 spiro atoms. The number of primary amides is 1. The molecule has 1 aromatic rings. The summed E-state index contributed by atoms with van der Waals surface area (Å²) in [4.78, 5) is 23.6. The Kier molecular flexibility index (Phi) is 5.03. The molecular weight excluding hydrogens is 251 g/mol. The molecule has 0 saturated carbocycles. The molecule has 0 aliphatic rings. The summed E-state index contributed by atoms with van der Waals surface area (Å²) in [5, 5.41) is 8.52. The number of nitrogens with zero attached hydrogens (tertiary/aromatic N) is 1. The lowest BCUT2D eigenvalue weighted by Crippen LogP contribution is -2.35. The number of amides is 2. The highest BCUT2D eigenvalue weighted by atomic mass is 19.1. The zero-order chi connectivity index (χ0) is 14.4. The molecule has 0 atom stereocenters.